The molecule has 0 unspecified atom stereocenters. The lowest BCUT2D eigenvalue weighted by molar-refractivity contribution is 0.282. The van der Waals surface area contributed by atoms with Gasteiger partial charge in [-0.3, -0.25) is 0 Å². The predicted octanol–water partition coefficient (Wildman–Crippen LogP) is 5.32. The number of methoxy groups -OCH3 is 1. The van der Waals surface area contributed by atoms with E-state index >= 15 is 0 Å². The van der Waals surface area contributed by atoms with Crippen molar-refractivity contribution in [1.82, 2.24) is 0 Å². The highest BCUT2D eigenvalue weighted by Crippen LogP contribution is 2.34. The average molecular weight is 332 g/mol. The van der Waals surface area contributed by atoms with Gasteiger partial charge in [0.05, 0.1) is 23.0 Å². The summed E-state index contributed by atoms with van der Waals surface area (Å²) in [4.78, 5) is 0. The topological polar surface area (TPSA) is 18.5 Å². The molecule has 2 rings (SSSR count). The van der Waals surface area contributed by atoms with Crippen LogP contribution in [-0.4, -0.2) is 7.11 Å². The van der Waals surface area contributed by atoms with Crippen LogP contribution in [0.25, 0.3) is 0 Å². The Morgan fingerprint density at radius 1 is 1.00 bits per heavy atom. The van der Waals surface area contributed by atoms with Crippen molar-refractivity contribution >= 4 is 34.8 Å². The second-order valence-electron chi connectivity index (χ2n) is 4.08. The Balaban J connectivity index is 2.24. The molecule has 0 radical (unpaired) electrons. The summed E-state index contributed by atoms with van der Waals surface area (Å²) >= 11 is 18.0. The van der Waals surface area contributed by atoms with E-state index in [0.29, 0.717) is 34.0 Å². The van der Waals surface area contributed by atoms with Gasteiger partial charge < -0.3 is 9.47 Å². The van der Waals surface area contributed by atoms with Gasteiger partial charge in [0, 0.05) is 11.1 Å². The largest absolute Gasteiger partial charge is 0.493 e. The van der Waals surface area contributed by atoms with E-state index in [2.05, 4.69) is 0 Å². The van der Waals surface area contributed by atoms with Crippen molar-refractivity contribution in [3.63, 3.8) is 0 Å². The first-order valence-corrected chi connectivity index (χ1v) is 7.24. The summed E-state index contributed by atoms with van der Waals surface area (Å²) in [6, 6.07) is 11.0. The van der Waals surface area contributed by atoms with Crippen LogP contribution < -0.4 is 9.47 Å². The van der Waals surface area contributed by atoms with E-state index in [4.69, 9.17) is 44.3 Å². The molecule has 0 spiro atoms. The van der Waals surface area contributed by atoms with E-state index in [1.807, 2.05) is 30.3 Å². The fraction of sp³-hybridized carbons (Fsp3) is 0.200. The van der Waals surface area contributed by atoms with E-state index < -0.39 is 0 Å². The van der Waals surface area contributed by atoms with Gasteiger partial charge in [-0.1, -0.05) is 47.5 Å². The van der Waals surface area contributed by atoms with Gasteiger partial charge in [-0.25, -0.2) is 0 Å². The van der Waals surface area contributed by atoms with Crippen molar-refractivity contribution < 1.29 is 9.47 Å². The molecule has 0 N–H and O–H groups in total. The smallest absolute Gasteiger partial charge is 0.166 e. The van der Waals surface area contributed by atoms with Gasteiger partial charge in [0.1, 0.15) is 6.61 Å². The van der Waals surface area contributed by atoms with E-state index in [1.165, 1.54) is 0 Å². The summed E-state index contributed by atoms with van der Waals surface area (Å²) in [5.41, 5.74) is 1.68. The number of alkyl halides is 1. The molecule has 0 saturated heterocycles. The van der Waals surface area contributed by atoms with Crippen molar-refractivity contribution in [1.29, 1.82) is 0 Å². The Kier molecular flexibility index (Phi) is 5.41. The molecular formula is C15H13Cl3O2. The van der Waals surface area contributed by atoms with Crippen LogP contribution in [0.2, 0.25) is 10.0 Å². The minimum absolute atomic E-state index is 0.295. The summed E-state index contributed by atoms with van der Waals surface area (Å²) in [6.07, 6.45) is 0. The van der Waals surface area contributed by atoms with Crippen LogP contribution in [0.4, 0.5) is 0 Å². The van der Waals surface area contributed by atoms with Crippen LogP contribution in [0, 0.1) is 0 Å². The number of halogens is 3. The second-order valence-corrected chi connectivity index (χ2v) is 5.14. The van der Waals surface area contributed by atoms with Crippen molar-refractivity contribution in [3.8, 4) is 11.5 Å². The summed E-state index contributed by atoms with van der Waals surface area (Å²) in [6.45, 7) is 0.295. The summed E-state index contributed by atoms with van der Waals surface area (Å²) in [5.74, 6) is 1.61. The summed E-state index contributed by atoms with van der Waals surface area (Å²) in [5, 5.41) is 1.00. The molecule has 0 aliphatic carbocycles. The Labute approximate surface area is 133 Å². The lowest BCUT2D eigenvalue weighted by Crippen LogP contribution is -2.01. The molecule has 0 aromatic heterocycles. The van der Waals surface area contributed by atoms with Gasteiger partial charge in [0.25, 0.3) is 0 Å². The minimum atomic E-state index is 0.295. The molecule has 0 aliphatic rings. The van der Waals surface area contributed by atoms with Crippen molar-refractivity contribution in [3.05, 3.63) is 57.6 Å². The Morgan fingerprint density at radius 2 is 1.70 bits per heavy atom. The van der Waals surface area contributed by atoms with Gasteiger partial charge in [-0.2, -0.15) is 0 Å². The third-order valence-electron chi connectivity index (χ3n) is 2.83. The quantitative estimate of drug-likeness (QED) is 0.690. The third kappa shape index (κ3) is 3.32. The molecule has 0 atom stereocenters. The molecule has 0 fully saturated rings. The lowest BCUT2D eigenvalue weighted by Gasteiger charge is -2.14. The molecule has 5 heteroatoms. The summed E-state index contributed by atoms with van der Waals surface area (Å²) in [7, 11) is 1.59. The molecule has 0 bridgehead atoms. The molecule has 0 aliphatic heterocycles. The van der Waals surface area contributed by atoms with Crippen LogP contribution in [0.15, 0.2) is 36.4 Å². The van der Waals surface area contributed by atoms with Crippen LogP contribution in [0.3, 0.4) is 0 Å². The normalized spacial score (nSPS) is 10.4. The minimum Gasteiger partial charge on any atom is -0.493 e. The predicted molar refractivity (Wildman–Crippen MR) is 83.3 cm³/mol. The maximum Gasteiger partial charge on any atom is 0.166 e. The zero-order chi connectivity index (χ0) is 14.5. The average Bonchev–Trinajstić information content (AvgIpc) is 2.48. The zero-order valence-corrected chi connectivity index (χ0v) is 13.1. The van der Waals surface area contributed by atoms with Crippen LogP contribution >= 0.6 is 34.8 Å². The van der Waals surface area contributed by atoms with Crippen molar-refractivity contribution in [2.75, 3.05) is 7.11 Å². The number of hydrogen-bond acceptors (Lipinski definition) is 2. The van der Waals surface area contributed by atoms with E-state index in [1.54, 1.807) is 13.2 Å². The molecule has 0 saturated carbocycles. The highest BCUT2D eigenvalue weighted by Gasteiger charge is 2.11. The Bertz CT molecular complexity index is 577. The van der Waals surface area contributed by atoms with Gasteiger partial charge >= 0.3 is 0 Å². The SMILES string of the molecule is COc1cccc(CCl)c1OCc1cccc(Cl)c1Cl. The van der Waals surface area contributed by atoms with Gasteiger partial charge in [-0.05, 0) is 12.1 Å². The van der Waals surface area contributed by atoms with Gasteiger partial charge in [0.2, 0.25) is 0 Å². The van der Waals surface area contributed by atoms with Crippen LogP contribution in [0.5, 0.6) is 11.5 Å². The zero-order valence-electron chi connectivity index (χ0n) is 10.8. The number of ether oxygens (including phenoxy) is 2. The van der Waals surface area contributed by atoms with E-state index in [0.717, 1.165) is 11.1 Å². The van der Waals surface area contributed by atoms with Crippen LogP contribution in [-0.2, 0) is 12.5 Å². The third-order valence-corrected chi connectivity index (χ3v) is 3.97. The lowest BCUT2D eigenvalue weighted by atomic mass is 10.2. The molecular weight excluding hydrogens is 319 g/mol. The Hall–Kier alpha value is -1.09. The fourth-order valence-corrected chi connectivity index (χ4v) is 2.39. The molecule has 2 nitrogen and oxygen atoms in total. The second kappa shape index (κ2) is 7.07. The number of hydrogen-bond donors (Lipinski definition) is 0. The fourth-order valence-electron chi connectivity index (χ4n) is 1.80. The molecule has 20 heavy (non-hydrogen) atoms. The van der Waals surface area contributed by atoms with E-state index in [9.17, 15) is 0 Å². The Morgan fingerprint density at radius 3 is 2.40 bits per heavy atom. The van der Waals surface area contributed by atoms with E-state index in [-0.39, 0.29) is 0 Å². The molecule has 0 amide bonds. The maximum absolute atomic E-state index is 6.14. The van der Waals surface area contributed by atoms with Crippen molar-refractivity contribution in [2.24, 2.45) is 0 Å². The van der Waals surface area contributed by atoms with Gasteiger partial charge in [-0.15, -0.1) is 11.6 Å². The van der Waals surface area contributed by atoms with Gasteiger partial charge in [0.15, 0.2) is 11.5 Å². The first-order chi connectivity index (χ1) is 9.67. The standard InChI is InChI=1S/C15H13Cl3O2/c1-19-13-7-3-4-10(8-16)15(13)20-9-11-5-2-6-12(17)14(11)18/h2-7H,8-9H2,1H3. The molecule has 0 heterocycles. The first kappa shape index (κ1) is 15.3. The van der Waals surface area contributed by atoms with Crippen molar-refractivity contribution in [2.45, 2.75) is 12.5 Å². The monoisotopic (exact) mass is 330 g/mol. The number of benzene rings is 2. The number of para-hydroxylation sites is 1. The number of rotatable bonds is 5. The highest BCUT2D eigenvalue weighted by atomic mass is 35.5. The molecule has 2 aromatic rings. The molecule has 2 aromatic carbocycles. The van der Waals surface area contributed by atoms with Crippen LogP contribution in [0.1, 0.15) is 11.1 Å². The summed E-state index contributed by atoms with van der Waals surface area (Å²) < 4.78 is 11.1. The molecule has 106 valence electrons. The first-order valence-electron chi connectivity index (χ1n) is 5.95. The maximum atomic E-state index is 6.14. The highest BCUT2D eigenvalue weighted by molar-refractivity contribution is 6.42.